The van der Waals surface area contributed by atoms with Crippen LogP contribution in [0.5, 0.6) is 0 Å². The number of alkyl halides is 1. The molecule has 0 atom stereocenters. The van der Waals surface area contributed by atoms with Crippen molar-refractivity contribution < 1.29 is 0 Å². The summed E-state index contributed by atoms with van der Waals surface area (Å²) >= 11 is 9.38. The molecule has 0 saturated heterocycles. The molecular weight excluding hydrogens is 338 g/mol. The number of imidazole rings is 1. The molecule has 3 rings (SSSR count). The van der Waals surface area contributed by atoms with Crippen LogP contribution in [0.2, 0.25) is 0 Å². The van der Waals surface area contributed by atoms with Gasteiger partial charge in [-0.3, -0.25) is 4.98 Å². The average Bonchev–Trinajstić information content (AvgIpc) is 2.77. The molecule has 0 aliphatic rings. The summed E-state index contributed by atoms with van der Waals surface area (Å²) in [6.07, 6.45) is 4.43. The molecule has 2 heterocycles. The van der Waals surface area contributed by atoms with E-state index in [1.807, 2.05) is 24.4 Å². The molecule has 102 valence electrons. The van der Waals surface area contributed by atoms with Gasteiger partial charge in [-0.05, 0) is 29.8 Å². The molecule has 2 aromatic heterocycles. The first-order valence-electron chi connectivity index (χ1n) is 6.37. The number of aryl methyl sites for hydroxylation is 1. The molecule has 5 heteroatoms. The van der Waals surface area contributed by atoms with Gasteiger partial charge in [0.05, 0.1) is 17.6 Å². The molecule has 0 fully saturated rings. The number of hydrogen-bond acceptors (Lipinski definition) is 2. The van der Waals surface area contributed by atoms with E-state index < -0.39 is 0 Å². The van der Waals surface area contributed by atoms with Crippen LogP contribution in [-0.4, -0.2) is 20.4 Å². The lowest BCUT2D eigenvalue weighted by Crippen LogP contribution is -2.06. The zero-order valence-electron chi connectivity index (χ0n) is 10.8. The standard InChI is InChI=1S/C15H13BrClN3/c16-12-3-4-14-13(8-12)19-15(5-6-17)20(14)10-11-2-1-7-18-9-11/h1-4,7-9H,5-6,10H2. The van der Waals surface area contributed by atoms with Gasteiger partial charge in [0.15, 0.2) is 0 Å². The molecule has 0 aliphatic heterocycles. The van der Waals surface area contributed by atoms with Crippen molar-refractivity contribution in [1.29, 1.82) is 0 Å². The Labute approximate surface area is 130 Å². The molecule has 0 amide bonds. The molecule has 20 heavy (non-hydrogen) atoms. The molecule has 0 bridgehead atoms. The van der Waals surface area contributed by atoms with Gasteiger partial charge in [0, 0.05) is 29.2 Å². The van der Waals surface area contributed by atoms with Crippen molar-refractivity contribution >= 4 is 38.6 Å². The number of aromatic nitrogens is 3. The average molecular weight is 351 g/mol. The van der Waals surface area contributed by atoms with E-state index in [0.29, 0.717) is 5.88 Å². The van der Waals surface area contributed by atoms with E-state index in [1.165, 1.54) is 0 Å². The van der Waals surface area contributed by atoms with E-state index in [4.69, 9.17) is 11.6 Å². The van der Waals surface area contributed by atoms with Crippen LogP contribution in [0, 0.1) is 0 Å². The Morgan fingerprint density at radius 1 is 1.25 bits per heavy atom. The highest BCUT2D eigenvalue weighted by Crippen LogP contribution is 2.22. The fourth-order valence-electron chi connectivity index (χ4n) is 2.28. The van der Waals surface area contributed by atoms with Crippen LogP contribution in [0.15, 0.2) is 47.2 Å². The molecule has 0 N–H and O–H groups in total. The Bertz CT molecular complexity index is 725. The highest BCUT2D eigenvalue weighted by Gasteiger charge is 2.11. The number of hydrogen-bond donors (Lipinski definition) is 0. The first kappa shape index (κ1) is 13.6. The first-order chi connectivity index (χ1) is 9.78. The summed E-state index contributed by atoms with van der Waals surface area (Å²) in [6.45, 7) is 0.762. The summed E-state index contributed by atoms with van der Waals surface area (Å²) in [6, 6.07) is 10.2. The molecule has 0 radical (unpaired) electrons. The van der Waals surface area contributed by atoms with Crippen molar-refractivity contribution in [3.8, 4) is 0 Å². The number of rotatable bonds is 4. The van der Waals surface area contributed by atoms with Crippen LogP contribution >= 0.6 is 27.5 Å². The highest BCUT2D eigenvalue weighted by molar-refractivity contribution is 9.10. The molecule has 3 aromatic rings. The van der Waals surface area contributed by atoms with Crippen LogP contribution in [0.25, 0.3) is 11.0 Å². The monoisotopic (exact) mass is 349 g/mol. The smallest absolute Gasteiger partial charge is 0.111 e. The third-order valence-electron chi connectivity index (χ3n) is 3.17. The number of nitrogens with zero attached hydrogens (tertiary/aromatic N) is 3. The van der Waals surface area contributed by atoms with Crippen molar-refractivity contribution in [3.05, 3.63) is 58.6 Å². The van der Waals surface area contributed by atoms with E-state index in [2.05, 4.69) is 42.6 Å². The summed E-state index contributed by atoms with van der Waals surface area (Å²) < 4.78 is 3.25. The van der Waals surface area contributed by atoms with Gasteiger partial charge in [-0.2, -0.15) is 0 Å². The maximum absolute atomic E-state index is 5.89. The third kappa shape index (κ3) is 2.72. The lowest BCUT2D eigenvalue weighted by atomic mass is 10.2. The van der Waals surface area contributed by atoms with Crippen molar-refractivity contribution in [2.75, 3.05) is 5.88 Å². The summed E-state index contributed by atoms with van der Waals surface area (Å²) in [5.41, 5.74) is 3.27. The zero-order valence-corrected chi connectivity index (χ0v) is 13.1. The predicted molar refractivity (Wildman–Crippen MR) is 85.2 cm³/mol. The van der Waals surface area contributed by atoms with Gasteiger partial charge >= 0.3 is 0 Å². The van der Waals surface area contributed by atoms with Crippen LogP contribution in [0.3, 0.4) is 0 Å². The third-order valence-corrected chi connectivity index (χ3v) is 3.85. The van der Waals surface area contributed by atoms with E-state index in [0.717, 1.165) is 39.9 Å². The largest absolute Gasteiger partial charge is 0.323 e. The van der Waals surface area contributed by atoms with Crippen LogP contribution in [-0.2, 0) is 13.0 Å². The van der Waals surface area contributed by atoms with Gasteiger partial charge < -0.3 is 4.57 Å². The highest BCUT2D eigenvalue weighted by atomic mass is 79.9. The minimum Gasteiger partial charge on any atom is -0.323 e. The maximum Gasteiger partial charge on any atom is 0.111 e. The van der Waals surface area contributed by atoms with Gasteiger partial charge in [0.2, 0.25) is 0 Å². The SMILES string of the molecule is ClCCc1nc2cc(Br)ccc2n1Cc1cccnc1. The minimum atomic E-state index is 0.567. The van der Waals surface area contributed by atoms with Gasteiger partial charge in [0.25, 0.3) is 0 Å². The zero-order chi connectivity index (χ0) is 13.9. The quantitative estimate of drug-likeness (QED) is 0.665. The molecule has 0 aliphatic carbocycles. The first-order valence-corrected chi connectivity index (χ1v) is 7.70. The summed E-state index contributed by atoms with van der Waals surface area (Å²) in [7, 11) is 0. The molecule has 1 aromatic carbocycles. The second kappa shape index (κ2) is 5.94. The normalized spacial score (nSPS) is 11.1. The second-order valence-corrected chi connectivity index (χ2v) is 5.84. The second-order valence-electron chi connectivity index (χ2n) is 4.55. The summed E-state index contributed by atoms with van der Waals surface area (Å²) in [4.78, 5) is 8.86. The lowest BCUT2D eigenvalue weighted by Gasteiger charge is -2.08. The summed E-state index contributed by atoms with van der Waals surface area (Å²) in [5, 5.41) is 0. The van der Waals surface area contributed by atoms with Crippen molar-refractivity contribution in [2.45, 2.75) is 13.0 Å². The van der Waals surface area contributed by atoms with Crippen LogP contribution in [0.1, 0.15) is 11.4 Å². The lowest BCUT2D eigenvalue weighted by molar-refractivity contribution is 0.752. The number of pyridine rings is 1. The topological polar surface area (TPSA) is 30.7 Å². The fourth-order valence-corrected chi connectivity index (χ4v) is 2.80. The number of fused-ring (bicyclic) bond motifs is 1. The number of benzene rings is 1. The van der Waals surface area contributed by atoms with E-state index in [-0.39, 0.29) is 0 Å². The molecule has 3 nitrogen and oxygen atoms in total. The molecule has 0 spiro atoms. The summed E-state index contributed by atoms with van der Waals surface area (Å²) in [5.74, 6) is 1.58. The Morgan fingerprint density at radius 3 is 2.90 bits per heavy atom. The minimum absolute atomic E-state index is 0.567. The van der Waals surface area contributed by atoms with Gasteiger partial charge in [-0.15, -0.1) is 11.6 Å². The molecule has 0 unspecified atom stereocenters. The van der Waals surface area contributed by atoms with E-state index in [9.17, 15) is 0 Å². The Balaban J connectivity index is 2.09. The number of halogens is 2. The van der Waals surface area contributed by atoms with E-state index >= 15 is 0 Å². The van der Waals surface area contributed by atoms with Gasteiger partial charge in [-0.25, -0.2) is 4.98 Å². The fraction of sp³-hybridized carbons (Fsp3) is 0.200. The molecule has 0 saturated carbocycles. The van der Waals surface area contributed by atoms with Crippen LogP contribution in [0.4, 0.5) is 0 Å². The van der Waals surface area contributed by atoms with Crippen molar-refractivity contribution in [2.24, 2.45) is 0 Å². The predicted octanol–water partition coefficient (Wildman–Crippen LogP) is 4.02. The maximum atomic E-state index is 5.89. The molecular formula is C15H13BrClN3. The van der Waals surface area contributed by atoms with Crippen molar-refractivity contribution in [3.63, 3.8) is 0 Å². The van der Waals surface area contributed by atoms with E-state index in [1.54, 1.807) is 6.20 Å². The van der Waals surface area contributed by atoms with Crippen molar-refractivity contribution in [1.82, 2.24) is 14.5 Å². The Morgan fingerprint density at radius 2 is 2.15 bits per heavy atom. The van der Waals surface area contributed by atoms with Gasteiger partial charge in [-0.1, -0.05) is 22.0 Å². The Hall–Kier alpha value is -1.39. The van der Waals surface area contributed by atoms with Gasteiger partial charge in [0.1, 0.15) is 5.82 Å². The Kier molecular flexibility index (Phi) is 4.03. The van der Waals surface area contributed by atoms with Crippen LogP contribution < -0.4 is 0 Å².